The molecule has 0 saturated heterocycles. The maximum absolute atomic E-state index is 11.5. The van der Waals surface area contributed by atoms with Crippen LogP contribution in [0.25, 0.3) is 0 Å². The molecule has 0 fully saturated rings. The van der Waals surface area contributed by atoms with Crippen molar-refractivity contribution < 1.29 is 4.39 Å². The highest BCUT2D eigenvalue weighted by Gasteiger charge is 1.85. The molecule has 0 aliphatic heterocycles. The predicted molar refractivity (Wildman–Crippen MR) is 32.2 cm³/mol. The van der Waals surface area contributed by atoms with E-state index in [2.05, 4.69) is 17.2 Å². The van der Waals surface area contributed by atoms with Crippen molar-refractivity contribution in [2.75, 3.05) is 0 Å². The summed E-state index contributed by atoms with van der Waals surface area (Å²) in [6, 6.07) is 0. The Labute approximate surface area is 48.1 Å². The van der Waals surface area contributed by atoms with Crippen LogP contribution in [0.2, 0.25) is 0 Å². The zero-order chi connectivity index (χ0) is 6.41. The maximum atomic E-state index is 11.5. The van der Waals surface area contributed by atoms with Gasteiger partial charge in [0.1, 0.15) is 6.33 Å². The van der Waals surface area contributed by atoms with E-state index in [0.29, 0.717) is 18.4 Å². The van der Waals surface area contributed by atoms with Gasteiger partial charge in [0.15, 0.2) is 0 Å². The van der Waals surface area contributed by atoms with Crippen molar-refractivity contribution in [2.45, 2.75) is 13.3 Å². The van der Waals surface area contributed by atoms with Crippen LogP contribution in [0.5, 0.6) is 0 Å². The zero-order valence-corrected chi connectivity index (χ0v) is 4.82. The van der Waals surface area contributed by atoms with Crippen LogP contribution < -0.4 is 5.43 Å². The highest BCUT2D eigenvalue weighted by molar-refractivity contribution is 5.23. The summed E-state index contributed by atoms with van der Waals surface area (Å²) in [5.41, 5.74) is 2.83. The molecule has 0 aliphatic rings. The minimum absolute atomic E-state index is 0.444. The van der Waals surface area contributed by atoms with Gasteiger partial charge in [-0.3, -0.25) is 5.43 Å². The fourth-order valence-corrected chi connectivity index (χ4v) is 0.282. The second-order valence-electron chi connectivity index (χ2n) is 1.26. The molecule has 0 heterocycles. The maximum Gasteiger partial charge on any atom is 0.107 e. The number of nitrogens with zero attached hydrogens (tertiary/aromatic N) is 1. The third-order valence-electron chi connectivity index (χ3n) is 0.735. The lowest BCUT2D eigenvalue weighted by Crippen LogP contribution is -2.01. The quantitative estimate of drug-likeness (QED) is 0.437. The van der Waals surface area contributed by atoms with Gasteiger partial charge in [-0.15, -0.1) is 0 Å². The average molecular weight is 116 g/mol. The van der Waals surface area contributed by atoms with Gasteiger partial charge in [0, 0.05) is 6.72 Å². The Morgan fingerprint density at radius 1 is 2.00 bits per heavy atom. The lowest BCUT2D eigenvalue weighted by Gasteiger charge is -1.96. The molecule has 0 amide bonds. The van der Waals surface area contributed by atoms with Crippen molar-refractivity contribution in [2.24, 2.45) is 5.10 Å². The molecule has 0 unspecified atom stereocenters. The molecule has 0 aromatic rings. The van der Waals surface area contributed by atoms with Gasteiger partial charge in [0.2, 0.25) is 0 Å². The molecule has 0 aliphatic carbocycles. The van der Waals surface area contributed by atoms with E-state index in [0.717, 1.165) is 0 Å². The molecule has 0 aromatic carbocycles. The third kappa shape index (κ3) is 2.34. The summed E-state index contributed by atoms with van der Waals surface area (Å²) in [5, 5.41) is 3.27. The molecule has 0 aromatic heterocycles. The fraction of sp³-hybridized carbons (Fsp3) is 0.400. The van der Waals surface area contributed by atoms with Crippen LogP contribution >= 0.6 is 0 Å². The molecular formula is C5H9FN2. The van der Waals surface area contributed by atoms with Gasteiger partial charge in [-0.05, 0) is 6.42 Å². The van der Waals surface area contributed by atoms with E-state index < -0.39 is 0 Å². The Morgan fingerprint density at radius 3 is 2.75 bits per heavy atom. The normalized spacial score (nSPS) is 11.0. The lowest BCUT2D eigenvalue weighted by atomic mass is 10.4. The van der Waals surface area contributed by atoms with Gasteiger partial charge in [0.05, 0.1) is 5.70 Å². The summed E-state index contributed by atoms with van der Waals surface area (Å²) in [5.74, 6) is 0. The highest BCUT2D eigenvalue weighted by Crippen LogP contribution is 1.93. The number of nitrogens with one attached hydrogen (secondary N) is 1. The standard InChI is InChI=1S/C5H9FN2/c1-3-5(4-6)8-7-2/h4,8H,2-3H2,1H3/b5-4-. The second kappa shape index (κ2) is 4.30. The lowest BCUT2D eigenvalue weighted by molar-refractivity contribution is 0.674. The largest absolute Gasteiger partial charge is 0.281 e. The molecule has 3 heteroatoms. The minimum atomic E-state index is 0.444. The topological polar surface area (TPSA) is 24.4 Å². The Kier molecular flexibility index (Phi) is 3.84. The summed E-state index contributed by atoms with van der Waals surface area (Å²) >= 11 is 0. The molecule has 46 valence electrons. The SMILES string of the molecule is C=NN/C(=C\F)CC. The number of allylic oxidation sites excluding steroid dienone is 1. The summed E-state index contributed by atoms with van der Waals surface area (Å²) in [6.07, 6.45) is 1.09. The van der Waals surface area contributed by atoms with Crippen LogP contribution in [0.15, 0.2) is 17.1 Å². The molecule has 0 saturated carbocycles. The molecule has 0 rings (SSSR count). The van der Waals surface area contributed by atoms with E-state index in [1.165, 1.54) is 0 Å². The Hall–Kier alpha value is -0.860. The summed E-state index contributed by atoms with van der Waals surface area (Å²) < 4.78 is 11.5. The highest BCUT2D eigenvalue weighted by atomic mass is 19.1. The molecule has 1 N–H and O–H groups in total. The molecule has 0 atom stereocenters. The monoisotopic (exact) mass is 116 g/mol. The number of rotatable bonds is 3. The predicted octanol–water partition coefficient (Wildman–Crippen LogP) is 1.41. The van der Waals surface area contributed by atoms with Gasteiger partial charge < -0.3 is 0 Å². The minimum Gasteiger partial charge on any atom is -0.281 e. The Bertz CT molecular complexity index is 98.6. The van der Waals surface area contributed by atoms with Gasteiger partial charge >= 0.3 is 0 Å². The number of hydrogen-bond acceptors (Lipinski definition) is 2. The van der Waals surface area contributed by atoms with Gasteiger partial charge in [-0.2, -0.15) is 5.10 Å². The van der Waals surface area contributed by atoms with Crippen molar-refractivity contribution in [3.8, 4) is 0 Å². The summed E-state index contributed by atoms with van der Waals surface area (Å²) in [7, 11) is 0. The van der Waals surface area contributed by atoms with Gasteiger partial charge in [0.25, 0.3) is 0 Å². The fourth-order valence-electron chi connectivity index (χ4n) is 0.282. The van der Waals surface area contributed by atoms with E-state index >= 15 is 0 Å². The van der Waals surface area contributed by atoms with Crippen molar-refractivity contribution >= 4 is 6.72 Å². The van der Waals surface area contributed by atoms with Crippen LogP contribution in [0.4, 0.5) is 4.39 Å². The van der Waals surface area contributed by atoms with E-state index in [1.807, 2.05) is 6.92 Å². The summed E-state index contributed by atoms with van der Waals surface area (Å²) in [4.78, 5) is 0. The van der Waals surface area contributed by atoms with E-state index in [4.69, 9.17) is 0 Å². The van der Waals surface area contributed by atoms with Crippen LogP contribution in [-0.2, 0) is 0 Å². The van der Waals surface area contributed by atoms with E-state index in [-0.39, 0.29) is 0 Å². The Morgan fingerprint density at radius 2 is 2.62 bits per heavy atom. The molecule has 2 nitrogen and oxygen atoms in total. The van der Waals surface area contributed by atoms with Crippen LogP contribution in [0.3, 0.4) is 0 Å². The van der Waals surface area contributed by atoms with E-state index in [9.17, 15) is 4.39 Å². The van der Waals surface area contributed by atoms with E-state index in [1.54, 1.807) is 0 Å². The summed E-state index contributed by atoms with van der Waals surface area (Å²) in [6.45, 7) is 4.95. The number of hydrazone groups is 1. The van der Waals surface area contributed by atoms with Crippen molar-refractivity contribution in [1.29, 1.82) is 0 Å². The van der Waals surface area contributed by atoms with Crippen LogP contribution in [0.1, 0.15) is 13.3 Å². The van der Waals surface area contributed by atoms with Crippen molar-refractivity contribution in [3.05, 3.63) is 12.0 Å². The first-order valence-corrected chi connectivity index (χ1v) is 2.36. The third-order valence-corrected chi connectivity index (χ3v) is 0.735. The van der Waals surface area contributed by atoms with Crippen LogP contribution in [-0.4, -0.2) is 6.72 Å². The molecule has 8 heavy (non-hydrogen) atoms. The van der Waals surface area contributed by atoms with Gasteiger partial charge in [-0.25, -0.2) is 4.39 Å². The number of hydrogen-bond donors (Lipinski definition) is 1. The Balaban J connectivity index is 3.53. The first-order valence-electron chi connectivity index (χ1n) is 2.36. The van der Waals surface area contributed by atoms with Gasteiger partial charge in [-0.1, -0.05) is 6.92 Å². The van der Waals surface area contributed by atoms with Crippen molar-refractivity contribution in [3.63, 3.8) is 0 Å². The second-order valence-corrected chi connectivity index (χ2v) is 1.26. The first kappa shape index (κ1) is 7.14. The molecule has 0 radical (unpaired) electrons. The first-order chi connectivity index (χ1) is 3.85. The van der Waals surface area contributed by atoms with Crippen LogP contribution in [0, 0.1) is 0 Å². The molecular weight excluding hydrogens is 107 g/mol. The molecule has 0 bridgehead atoms. The zero-order valence-electron chi connectivity index (χ0n) is 4.82. The average Bonchev–Trinajstić information content (AvgIpc) is 1.83. The molecule has 0 spiro atoms. The smallest absolute Gasteiger partial charge is 0.107 e. The van der Waals surface area contributed by atoms with Crippen molar-refractivity contribution in [1.82, 2.24) is 5.43 Å². The number of halogens is 1.